The van der Waals surface area contributed by atoms with Gasteiger partial charge in [0.15, 0.2) is 5.16 Å². The molecule has 7 heteroatoms. The summed E-state index contributed by atoms with van der Waals surface area (Å²) in [6, 6.07) is 5.44. The summed E-state index contributed by atoms with van der Waals surface area (Å²) < 4.78 is 0. The number of rotatable bonds is 7. The van der Waals surface area contributed by atoms with E-state index < -0.39 is 6.04 Å². The highest BCUT2D eigenvalue weighted by molar-refractivity contribution is 7.99. The van der Waals surface area contributed by atoms with E-state index in [4.69, 9.17) is 0 Å². The van der Waals surface area contributed by atoms with E-state index in [0.29, 0.717) is 11.7 Å². The van der Waals surface area contributed by atoms with Crippen molar-refractivity contribution in [3.63, 3.8) is 0 Å². The van der Waals surface area contributed by atoms with E-state index in [-0.39, 0.29) is 17.6 Å². The van der Waals surface area contributed by atoms with Crippen LogP contribution < -0.4 is 10.6 Å². The monoisotopic (exact) mass is 334 g/mol. The lowest BCUT2D eigenvalue weighted by atomic mass is 10.2. The molecular formula is C16H22N4O2S. The van der Waals surface area contributed by atoms with Crippen LogP contribution in [0.25, 0.3) is 11.0 Å². The number of aromatic amines is 1. The van der Waals surface area contributed by atoms with E-state index >= 15 is 0 Å². The quantitative estimate of drug-likeness (QED) is 0.676. The highest BCUT2D eigenvalue weighted by Crippen LogP contribution is 2.20. The molecule has 0 aliphatic carbocycles. The van der Waals surface area contributed by atoms with Crippen molar-refractivity contribution in [2.75, 3.05) is 12.3 Å². The van der Waals surface area contributed by atoms with Crippen molar-refractivity contribution in [1.29, 1.82) is 0 Å². The number of nitrogens with zero attached hydrogens (tertiary/aromatic N) is 1. The Morgan fingerprint density at radius 2 is 2.17 bits per heavy atom. The molecule has 2 rings (SSSR count). The van der Waals surface area contributed by atoms with Crippen molar-refractivity contribution in [1.82, 2.24) is 20.6 Å². The molecule has 0 saturated heterocycles. The molecule has 1 aromatic heterocycles. The van der Waals surface area contributed by atoms with Gasteiger partial charge < -0.3 is 15.6 Å². The zero-order valence-electron chi connectivity index (χ0n) is 13.6. The normalized spacial score (nSPS) is 12.1. The number of hydrogen-bond acceptors (Lipinski definition) is 4. The predicted octanol–water partition coefficient (Wildman–Crippen LogP) is 1.99. The Bertz CT molecular complexity index is 698. The molecule has 0 saturated carbocycles. The van der Waals surface area contributed by atoms with Gasteiger partial charge in [-0.2, -0.15) is 0 Å². The number of aromatic nitrogens is 2. The van der Waals surface area contributed by atoms with Gasteiger partial charge in [0.1, 0.15) is 6.04 Å². The average molecular weight is 334 g/mol. The second-order valence-electron chi connectivity index (χ2n) is 5.43. The third kappa shape index (κ3) is 4.99. The van der Waals surface area contributed by atoms with Gasteiger partial charge in [-0.3, -0.25) is 9.59 Å². The highest BCUT2D eigenvalue weighted by atomic mass is 32.2. The van der Waals surface area contributed by atoms with E-state index in [2.05, 4.69) is 20.6 Å². The van der Waals surface area contributed by atoms with Crippen molar-refractivity contribution in [2.45, 2.75) is 38.4 Å². The summed E-state index contributed by atoms with van der Waals surface area (Å²) in [6.45, 7) is 6.30. The number of carbonyl (C=O) groups is 2. The Kier molecular flexibility index (Phi) is 6.04. The topological polar surface area (TPSA) is 86.9 Å². The van der Waals surface area contributed by atoms with Gasteiger partial charge in [-0.15, -0.1) is 0 Å². The molecule has 0 aliphatic rings. The lowest BCUT2D eigenvalue weighted by Crippen LogP contribution is -2.45. The highest BCUT2D eigenvalue weighted by Gasteiger charge is 2.15. The predicted molar refractivity (Wildman–Crippen MR) is 92.5 cm³/mol. The number of amides is 2. The number of fused-ring (bicyclic) bond motifs is 1. The summed E-state index contributed by atoms with van der Waals surface area (Å²) in [7, 11) is 0. The first-order chi connectivity index (χ1) is 11.0. The molecule has 23 heavy (non-hydrogen) atoms. The number of imidazole rings is 1. The summed E-state index contributed by atoms with van der Waals surface area (Å²) in [6.07, 6.45) is 0.869. The van der Waals surface area contributed by atoms with Crippen LogP contribution in [-0.4, -0.2) is 40.1 Å². The number of hydrogen-bond donors (Lipinski definition) is 3. The van der Waals surface area contributed by atoms with E-state index in [1.54, 1.807) is 6.92 Å². The van der Waals surface area contributed by atoms with Crippen LogP contribution in [0.15, 0.2) is 23.4 Å². The fourth-order valence-corrected chi connectivity index (χ4v) is 2.75. The molecule has 0 bridgehead atoms. The minimum Gasteiger partial charge on any atom is -0.354 e. The van der Waals surface area contributed by atoms with Gasteiger partial charge >= 0.3 is 0 Å². The number of H-pyrrole nitrogens is 1. The Labute approximate surface area is 139 Å². The maximum atomic E-state index is 11.9. The summed E-state index contributed by atoms with van der Waals surface area (Å²) in [5.74, 6) is -0.139. The third-order valence-corrected chi connectivity index (χ3v) is 4.15. The van der Waals surface area contributed by atoms with Crippen LogP contribution in [0.5, 0.6) is 0 Å². The maximum Gasteiger partial charge on any atom is 0.242 e. The number of benzene rings is 1. The van der Waals surface area contributed by atoms with Gasteiger partial charge in [-0.25, -0.2) is 4.98 Å². The number of aryl methyl sites for hydroxylation is 1. The average Bonchev–Trinajstić information content (AvgIpc) is 2.92. The molecule has 3 N–H and O–H groups in total. The maximum absolute atomic E-state index is 11.9. The minimum atomic E-state index is -0.534. The molecular weight excluding hydrogens is 312 g/mol. The molecule has 1 aromatic carbocycles. The fourth-order valence-electron chi connectivity index (χ4n) is 2.05. The first-order valence-electron chi connectivity index (χ1n) is 7.66. The molecule has 0 aliphatic heterocycles. The van der Waals surface area contributed by atoms with Crippen molar-refractivity contribution < 1.29 is 9.59 Å². The Morgan fingerprint density at radius 3 is 2.91 bits per heavy atom. The molecule has 6 nitrogen and oxygen atoms in total. The lowest BCUT2D eigenvalue weighted by Gasteiger charge is -2.13. The second kappa shape index (κ2) is 8.01. The van der Waals surface area contributed by atoms with Crippen molar-refractivity contribution >= 4 is 34.6 Å². The summed E-state index contributed by atoms with van der Waals surface area (Å²) in [4.78, 5) is 31.2. The molecule has 0 spiro atoms. The molecule has 2 amide bonds. The van der Waals surface area contributed by atoms with Crippen LogP contribution >= 0.6 is 11.8 Å². The Balaban J connectivity index is 1.84. The first kappa shape index (κ1) is 17.3. The van der Waals surface area contributed by atoms with Crippen LogP contribution in [0.4, 0.5) is 0 Å². The molecule has 1 heterocycles. The summed E-state index contributed by atoms with van der Waals surface area (Å²) in [5, 5.41) is 6.14. The number of thioether (sulfide) groups is 1. The van der Waals surface area contributed by atoms with Gasteiger partial charge in [-0.05, 0) is 38.0 Å². The standard InChI is InChI=1S/C16H22N4O2S/c1-4-7-17-15(22)11(3)18-14(21)9-23-16-19-12-6-5-10(2)8-13(12)20-16/h5-6,8,11H,4,7,9H2,1-3H3,(H,17,22)(H,18,21)(H,19,20)/t11-/m0/s1. The summed E-state index contributed by atoms with van der Waals surface area (Å²) in [5.41, 5.74) is 2.99. The van der Waals surface area contributed by atoms with Crippen LogP contribution in [0.1, 0.15) is 25.8 Å². The zero-order valence-corrected chi connectivity index (χ0v) is 14.4. The van der Waals surface area contributed by atoms with Crippen LogP contribution in [-0.2, 0) is 9.59 Å². The minimum absolute atomic E-state index is 0.163. The van der Waals surface area contributed by atoms with Crippen LogP contribution in [0.3, 0.4) is 0 Å². The van der Waals surface area contributed by atoms with Crippen molar-refractivity contribution in [3.8, 4) is 0 Å². The van der Waals surface area contributed by atoms with Crippen molar-refractivity contribution in [3.05, 3.63) is 23.8 Å². The van der Waals surface area contributed by atoms with Crippen molar-refractivity contribution in [2.24, 2.45) is 0 Å². The van der Waals surface area contributed by atoms with E-state index in [1.807, 2.05) is 32.0 Å². The Morgan fingerprint density at radius 1 is 1.39 bits per heavy atom. The van der Waals surface area contributed by atoms with Gasteiger partial charge in [0.25, 0.3) is 0 Å². The van der Waals surface area contributed by atoms with Gasteiger partial charge in [0, 0.05) is 6.54 Å². The van der Waals surface area contributed by atoms with Crippen LogP contribution in [0.2, 0.25) is 0 Å². The zero-order chi connectivity index (χ0) is 16.8. The number of nitrogens with one attached hydrogen (secondary N) is 3. The molecule has 0 radical (unpaired) electrons. The molecule has 1 atom stereocenters. The second-order valence-corrected chi connectivity index (χ2v) is 6.40. The lowest BCUT2D eigenvalue weighted by molar-refractivity contribution is -0.127. The van der Waals surface area contributed by atoms with Gasteiger partial charge in [0.05, 0.1) is 16.8 Å². The largest absolute Gasteiger partial charge is 0.354 e. The smallest absolute Gasteiger partial charge is 0.242 e. The van der Waals surface area contributed by atoms with Crippen LogP contribution in [0, 0.1) is 6.92 Å². The van der Waals surface area contributed by atoms with Gasteiger partial charge in [0.2, 0.25) is 11.8 Å². The first-order valence-corrected chi connectivity index (χ1v) is 8.64. The molecule has 0 fully saturated rings. The number of carbonyl (C=O) groups excluding carboxylic acids is 2. The van der Waals surface area contributed by atoms with E-state index in [0.717, 1.165) is 23.0 Å². The van der Waals surface area contributed by atoms with Gasteiger partial charge in [-0.1, -0.05) is 24.8 Å². The SMILES string of the molecule is CCCNC(=O)[C@H](C)NC(=O)CSc1nc2ccc(C)cc2[nH]1. The molecule has 0 unspecified atom stereocenters. The van der Waals surface area contributed by atoms with E-state index in [1.165, 1.54) is 11.8 Å². The Hall–Kier alpha value is -2.02. The summed E-state index contributed by atoms with van der Waals surface area (Å²) >= 11 is 1.32. The fraction of sp³-hybridized carbons (Fsp3) is 0.438. The third-order valence-electron chi connectivity index (χ3n) is 3.28. The molecule has 124 valence electrons. The molecule has 2 aromatic rings. The van der Waals surface area contributed by atoms with E-state index in [9.17, 15) is 9.59 Å².